The minimum Gasteiger partial charge on any atom is -0.493 e. The third-order valence-electron chi connectivity index (χ3n) is 4.66. The Hall–Kier alpha value is -3.38. The molecule has 1 aliphatic carbocycles. The number of hydrogen-bond acceptors (Lipinski definition) is 6. The topological polar surface area (TPSA) is 101 Å². The van der Waals surface area contributed by atoms with Crippen LogP contribution in [0.4, 0.5) is 18.9 Å². The lowest BCUT2D eigenvalue weighted by atomic mass is 9.95. The summed E-state index contributed by atoms with van der Waals surface area (Å²) in [6.45, 7) is 2.12. The molecule has 0 aliphatic heterocycles. The third kappa shape index (κ3) is 4.44. The Kier molecular flexibility index (Phi) is 6.08. The van der Waals surface area contributed by atoms with E-state index in [1.54, 1.807) is 25.1 Å². The van der Waals surface area contributed by atoms with Gasteiger partial charge in [0.05, 0.1) is 24.3 Å². The summed E-state index contributed by atoms with van der Waals surface area (Å²) in [5, 5.41) is 12.0. The highest BCUT2D eigenvalue weighted by Crippen LogP contribution is 2.37. The number of pyridine rings is 1. The molecule has 0 bridgehead atoms. The summed E-state index contributed by atoms with van der Waals surface area (Å²) in [6, 6.07) is 8.17. The predicted octanol–water partition coefficient (Wildman–Crippen LogP) is 4.10. The molecule has 3 rings (SSSR count). The largest absolute Gasteiger partial charge is 0.493 e. The van der Waals surface area contributed by atoms with Crippen LogP contribution >= 0.6 is 0 Å². The van der Waals surface area contributed by atoms with E-state index < -0.39 is 17.9 Å². The fourth-order valence-electron chi connectivity index (χ4n) is 3.30. The first-order valence-electron chi connectivity index (χ1n) is 9.23. The number of rotatable bonds is 6. The number of ether oxygens (including phenoxy) is 1. The van der Waals surface area contributed by atoms with Gasteiger partial charge in [-0.25, -0.2) is 0 Å². The van der Waals surface area contributed by atoms with Gasteiger partial charge in [-0.15, -0.1) is 0 Å². The highest BCUT2D eigenvalue weighted by atomic mass is 19.4. The number of nitriles is 1. The molecule has 0 spiro atoms. The first-order valence-corrected chi connectivity index (χ1v) is 9.23. The number of carbonyl (C=O) groups excluding carboxylic acids is 1. The molecule has 1 aromatic heterocycles. The van der Waals surface area contributed by atoms with Crippen LogP contribution < -0.4 is 15.8 Å². The van der Waals surface area contributed by atoms with Crippen LogP contribution in [0.1, 0.15) is 42.6 Å². The number of hydrogen-bond donors (Lipinski definition) is 2. The Labute approximate surface area is 171 Å². The summed E-state index contributed by atoms with van der Waals surface area (Å²) < 4.78 is 44.4. The lowest BCUT2D eigenvalue weighted by Gasteiger charge is -2.19. The highest BCUT2D eigenvalue weighted by molar-refractivity contribution is 6.00. The molecule has 3 N–H and O–H groups in total. The van der Waals surface area contributed by atoms with Crippen LogP contribution in [-0.4, -0.2) is 17.4 Å². The van der Waals surface area contributed by atoms with E-state index in [-0.39, 0.29) is 23.5 Å². The van der Waals surface area contributed by atoms with Crippen LogP contribution in [0.3, 0.4) is 0 Å². The average Bonchev–Trinajstić information content (AvgIpc) is 3.07. The standard InChI is InChI=1S/C21H19F3N4O2/c1-2-30-17-9-12(11-25)3-4-14(17)20(26)19-15(5-6-16(19)29)28-13-7-8-27-18(10-13)21(22,23)24/h3-4,7-10,20H,2,5-6,26H2,1H3,(H,27,28). The lowest BCUT2D eigenvalue weighted by molar-refractivity contribution is -0.141. The van der Waals surface area contributed by atoms with Gasteiger partial charge in [0, 0.05) is 35.1 Å². The van der Waals surface area contributed by atoms with Gasteiger partial charge in [-0.3, -0.25) is 9.78 Å². The number of Topliss-reactive ketones (excluding diaryl/α,β-unsaturated/α-hetero) is 1. The Morgan fingerprint density at radius 1 is 1.30 bits per heavy atom. The third-order valence-corrected chi connectivity index (χ3v) is 4.66. The molecule has 1 heterocycles. The highest BCUT2D eigenvalue weighted by Gasteiger charge is 2.33. The zero-order valence-electron chi connectivity index (χ0n) is 16.1. The zero-order valence-corrected chi connectivity index (χ0v) is 16.1. The first kappa shape index (κ1) is 21.3. The average molecular weight is 416 g/mol. The van der Waals surface area contributed by atoms with E-state index in [1.807, 2.05) is 6.07 Å². The molecule has 6 nitrogen and oxygen atoms in total. The van der Waals surface area contributed by atoms with Crippen molar-refractivity contribution in [3.63, 3.8) is 0 Å². The number of ketones is 1. The van der Waals surface area contributed by atoms with Gasteiger partial charge in [-0.1, -0.05) is 6.07 Å². The number of anilines is 1. The van der Waals surface area contributed by atoms with Crippen LogP contribution in [0.5, 0.6) is 5.75 Å². The molecule has 1 aliphatic rings. The Morgan fingerprint density at radius 3 is 2.73 bits per heavy atom. The smallest absolute Gasteiger partial charge is 0.433 e. The summed E-state index contributed by atoms with van der Waals surface area (Å²) >= 11 is 0. The maximum absolute atomic E-state index is 12.9. The van der Waals surface area contributed by atoms with E-state index in [4.69, 9.17) is 15.7 Å². The number of nitrogens with two attached hydrogens (primary N) is 1. The SMILES string of the molecule is CCOc1cc(C#N)ccc1C(N)C1=C(Nc2ccnc(C(F)(F)F)c2)CCC1=O. The summed E-state index contributed by atoms with van der Waals surface area (Å²) in [4.78, 5) is 15.9. The number of benzene rings is 1. The van der Waals surface area contributed by atoms with Crippen LogP contribution in [0.25, 0.3) is 0 Å². The van der Waals surface area contributed by atoms with Crippen molar-refractivity contribution in [2.24, 2.45) is 5.73 Å². The van der Waals surface area contributed by atoms with Crippen molar-refractivity contribution < 1.29 is 22.7 Å². The molecule has 30 heavy (non-hydrogen) atoms. The maximum atomic E-state index is 12.9. The molecule has 156 valence electrons. The van der Waals surface area contributed by atoms with Gasteiger partial charge in [0.1, 0.15) is 11.4 Å². The van der Waals surface area contributed by atoms with E-state index in [0.717, 1.165) is 12.3 Å². The molecule has 9 heteroatoms. The summed E-state index contributed by atoms with van der Waals surface area (Å²) in [7, 11) is 0. The lowest BCUT2D eigenvalue weighted by Crippen LogP contribution is -2.20. The van der Waals surface area contributed by atoms with Gasteiger partial charge < -0.3 is 15.8 Å². The van der Waals surface area contributed by atoms with Gasteiger partial charge in [0.15, 0.2) is 5.78 Å². The van der Waals surface area contributed by atoms with Gasteiger partial charge in [0.25, 0.3) is 0 Å². The second kappa shape index (κ2) is 8.55. The maximum Gasteiger partial charge on any atom is 0.433 e. The van der Waals surface area contributed by atoms with Gasteiger partial charge in [-0.2, -0.15) is 18.4 Å². The molecule has 1 unspecified atom stereocenters. The fraction of sp³-hybridized carbons (Fsp3) is 0.286. The van der Waals surface area contributed by atoms with Crippen molar-refractivity contribution >= 4 is 11.5 Å². The summed E-state index contributed by atoms with van der Waals surface area (Å²) in [5.41, 5.74) is 7.16. The molecule has 0 amide bonds. The number of nitrogens with zero attached hydrogens (tertiary/aromatic N) is 2. The number of halogens is 3. The van der Waals surface area contributed by atoms with Crippen LogP contribution in [-0.2, 0) is 11.0 Å². The normalized spacial score (nSPS) is 15.1. The fourth-order valence-corrected chi connectivity index (χ4v) is 3.30. The van der Waals surface area contributed by atoms with Crippen LogP contribution in [0, 0.1) is 11.3 Å². The molecule has 1 aromatic carbocycles. The molecular formula is C21H19F3N4O2. The molecule has 0 radical (unpaired) electrons. The van der Waals surface area contributed by atoms with E-state index in [1.165, 1.54) is 6.07 Å². The van der Waals surface area contributed by atoms with Crippen molar-refractivity contribution in [3.05, 3.63) is 64.6 Å². The molecule has 0 saturated carbocycles. The molecular weight excluding hydrogens is 397 g/mol. The van der Waals surface area contributed by atoms with E-state index in [0.29, 0.717) is 35.6 Å². The first-order chi connectivity index (χ1) is 14.2. The van der Waals surface area contributed by atoms with Crippen molar-refractivity contribution in [3.8, 4) is 11.8 Å². The van der Waals surface area contributed by atoms with E-state index >= 15 is 0 Å². The minimum atomic E-state index is -4.58. The Morgan fingerprint density at radius 2 is 2.07 bits per heavy atom. The summed E-state index contributed by atoms with van der Waals surface area (Å²) in [5.74, 6) is 0.195. The van der Waals surface area contributed by atoms with Crippen molar-refractivity contribution in [2.75, 3.05) is 11.9 Å². The number of alkyl halides is 3. The van der Waals surface area contributed by atoms with Crippen molar-refractivity contribution in [2.45, 2.75) is 32.0 Å². The summed E-state index contributed by atoms with van der Waals surface area (Å²) in [6.07, 6.45) is -3.00. The van der Waals surface area contributed by atoms with Gasteiger partial charge in [0.2, 0.25) is 0 Å². The number of aromatic nitrogens is 1. The van der Waals surface area contributed by atoms with E-state index in [2.05, 4.69) is 10.3 Å². The number of nitrogens with one attached hydrogen (secondary N) is 1. The number of carbonyl (C=O) groups is 1. The quantitative estimate of drug-likeness (QED) is 0.735. The van der Waals surface area contributed by atoms with Gasteiger partial charge >= 0.3 is 6.18 Å². The van der Waals surface area contributed by atoms with Crippen LogP contribution in [0.15, 0.2) is 47.8 Å². The second-order valence-corrected chi connectivity index (χ2v) is 6.64. The monoisotopic (exact) mass is 416 g/mol. The minimum absolute atomic E-state index is 0.164. The Balaban J connectivity index is 1.98. The van der Waals surface area contributed by atoms with Gasteiger partial charge in [-0.05, 0) is 37.6 Å². The zero-order chi connectivity index (χ0) is 21.9. The Bertz CT molecular complexity index is 1040. The van der Waals surface area contributed by atoms with Crippen molar-refractivity contribution in [1.82, 2.24) is 4.98 Å². The molecule has 2 aromatic rings. The molecule has 0 fully saturated rings. The molecule has 1 atom stereocenters. The number of allylic oxidation sites excluding steroid dienone is 1. The second-order valence-electron chi connectivity index (χ2n) is 6.64. The molecule has 0 saturated heterocycles. The van der Waals surface area contributed by atoms with Crippen molar-refractivity contribution in [1.29, 1.82) is 5.26 Å². The van der Waals surface area contributed by atoms with Crippen LogP contribution in [0.2, 0.25) is 0 Å². The van der Waals surface area contributed by atoms with E-state index in [9.17, 15) is 18.0 Å². The predicted molar refractivity (Wildman–Crippen MR) is 103 cm³/mol.